The summed E-state index contributed by atoms with van der Waals surface area (Å²) in [7, 11) is 0. The molecule has 6 nitrogen and oxygen atoms in total. The summed E-state index contributed by atoms with van der Waals surface area (Å²) in [5.41, 5.74) is 0.00450. The minimum atomic E-state index is -1.18. The third kappa shape index (κ3) is 2.73. The Morgan fingerprint density at radius 2 is 2.16 bits per heavy atom. The van der Waals surface area contributed by atoms with Crippen molar-refractivity contribution in [3.05, 3.63) is 29.6 Å². The summed E-state index contributed by atoms with van der Waals surface area (Å²) in [5, 5.41) is 18.8. The van der Waals surface area contributed by atoms with E-state index in [1.54, 1.807) is 0 Å². The molecule has 1 aromatic heterocycles. The van der Waals surface area contributed by atoms with E-state index in [0.29, 0.717) is 13.0 Å². The molecule has 0 spiro atoms. The maximum atomic E-state index is 12.3. The van der Waals surface area contributed by atoms with Crippen LogP contribution in [0.2, 0.25) is 0 Å². The maximum Gasteiger partial charge on any atom is 0.338 e. The van der Waals surface area contributed by atoms with E-state index in [4.69, 9.17) is 5.11 Å². The number of nitrogens with zero attached hydrogens (tertiary/aromatic N) is 2. The fraction of sp³-hybridized carbons (Fsp3) is 0.462. The van der Waals surface area contributed by atoms with Gasteiger partial charge < -0.3 is 15.1 Å². The second-order valence-electron chi connectivity index (χ2n) is 4.81. The lowest BCUT2D eigenvalue weighted by molar-refractivity contribution is 0.0246. The van der Waals surface area contributed by atoms with Crippen LogP contribution in [0.25, 0.3) is 0 Å². The predicted molar refractivity (Wildman–Crippen MR) is 66.9 cm³/mol. The van der Waals surface area contributed by atoms with Crippen LogP contribution >= 0.6 is 0 Å². The third-order valence-electron chi connectivity index (χ3n) is 3.49. The topological polar surface area (TPSA) is 90.7 Å². The molecule has 2 heterocycles. The fourth-order valence-electron chi connectivity index (χ4n) is 2.16. The zero-order chi connectivity index (χ0) is 14.0. The molecule has 1 aromatic rings. The van der Waals surface area contributed by atoms with Gasteiger partial charge in [-0.1, -0.05) is 6.92 Å². The summed E-state index contributed by atoms with van der Waals surface area (Å²) in [6, 6.07) is 1.40. The Hall–Kier alpha value is -1.95. The van der Waals surface area contributed by atoms with Crippen LogP contribution in [-0.4, -0.2) is 51.2 Å². The van der Waals surface area contributed by atoms with Gasteiger partial charge in [0.15, 0.2) is 0 Å². The van der Waals surface area contributed by atoms with E-state index in [9.17, 15) is 14.7 Å². The normalized spacial score (nSPS) is 23.2. The number of aliphatic hydroxyl groups is 1. The zero-order valence-corrected chi connectivity index (χ0v) is 10.6. The van der Waals surface area contributed by atoms with Crippen molar-refractivity contribution >= 4 is 11.9 Å². The molecule has 6 heteroatoms. The van der Waals surface area contributed by atoms with E-state index < -0.39 is 12.1 Å². The van der Waals surface area contributed by atoms with Crippen molar-refractivity contribution in [2.75, 3.05) is 13.1 Å². The van der Waals surface area contributed by atoms with Gasteiger partial charge in [-0.2, -0.15) is 0 Å². The number of pyridine rings is 1. The number of amides is 1. The summed E-state index contributed by atoms with van der Waals surface area (Å²) >= 11 is 0. The molecule has 0 bridgehead atoms. The van der Waals surface area contributed by atoms with Gasteiger partial charge in [-0.05, 0) is 18.4 Å². The fourth-order valence-corrected chi connectivity index (χ4v) is 2.16. The Morgan fingerprint density at radius 1 is 1.42 bits per heavy atom. The average Bonchev–Trinajstić information content (AvgIpc) is 2.41. The third-order valence-corrected chi connectivity index (χ3v) is 3.49. The van der Waals surface area contributed by atoms with Gasteiger partial charge >= 0.3 is 5.97 Å². The highest BCUT2D eigenvalue weighted by atomic mass is 16.4. The van der Waals surface area contributed by atoms with Gasteiger partial charge in [0, 0.05) is 25.5 Å². The van der Waals surface area contributed by atoms with Crippen LogP contribution in [0.4, 0.5) is 0 Å². The number of aromatic nitrogens is 1. The molecule has 1 aliphatic heterocycles. The van der Waals surface area contributed by atoms with Gasteiger partial charge in [0.05, 0.1) is 17.2 Å². The summed E-state index contributed by atoms with van der Waals surface area (Å²) < 4.78 is 0. The smallest absolute Gasteiger partial charge is 0.338 e. The number of carboxylic acids is 1. The van der Waals surface area contributed by atoms with Crippen molar-refractivity contribution in [2.45, 2.75) is 19.4 Å². The van der Waals surface area contributed by atoms with E-state index >= 15 is 0 Å². The molecule has 2 atom stereocenters. The second-order valence-corrected chi connectivity index (χ2v) is 4.81. The van der Waals surface area contributed by atoms with Gasteiger partial charge in [-0.25, -0.2) is 4.79 Å². The van der Waals surface area contributed by atoms with Gasteiger partial charge in [-0.3, -0.25) is 9.78 Å². The largest absolute Gasteiger partial charge is 0.478 e. The second kappa shape index (κ2) is 5.36. The number of carbonyl (C=O) groups excluding carboxylic acids is 1. The van der Waals surface area contributed by atoms with Crippen molar-refractivity contribution in [3.8, 4) is 0 Å². The molecule has 2 rings (SSSR count). The van der Waals surface area contributed by atoms with E-state index in [-0.39, 0.29) is 29.5 Å². The highest BCUT2D eigenvalue weighted by Gasteiger charge is 2.29. The van der Waals surface area contributed by atoms with E-state index in [1.807, 2.05) is 6.92 Å². The minimum absolute atomic E-state index is 0.111. The Balaban J connectivity index is 2.23. The number of aromatic carboxylic acids is 1. The van der Waals surface area contributed by atoms with Crippen molar-refractivity contribution in [2.24, 2.45) is 5.92 Å². The van der Waals surface area contributed by atoms with Crippen LogP contribution in [0.5, 0.6) is 0 Å². The first kappa shape index (κ1) is 13.5. The molecule has 2 N–H and O–H groups in total. The van der Waals surface area contributed by atoms with E-state index in [0.717, 1.165) is 0 Å². The maximum absolute atomic E-state index is 12.3. The first-order chi connectivity index (χ1) is 9.00. The predicted octanol–water partition coefficient (Wildman–Crippen LogP) is 0.623. The number of β-amino-alcohol motifs (C(OH)–C–C–N with tert-alkyl or cyclic N) is 1. The highest BCUT2D eigenvalue weighted by Crippen LogP contribution is 2.20. The lowest BCUT2D eigenvalue weighted by atomic mass is 9.95. The average molecular weight is 264 g/mol. The number of carboxylic acid groups (broad SMARTS) is 1. The first-order valence-electron chi connectivity index (χ1n) is 6.15. The number of hydrogen-bond donors (Lipinski definition) is 2. The molecule has 1 aliphatic rings. The molecule has 1 amide bonds. The molecular weight excluding hydrogens is 248 g/mol. The quantitative estimate of drug-likeness (QED) is 0.817. The molecule has 0 aliphatic carbocycles. The standard InChI is InChI=1S/C13H16N2O4/c1-8-3-5-15(7-11(8)16)12(17)9-2-4-14-6-10(9)13(18)19/h2,4,6,8,11,16H,3,5,7H2,1H3,(H,18,19). The van der Waals surface area contributed by atoms with Gasteiger partial charge in [0.25, 0.3) is 5.91 Å². The van der Waals surface area contributed by atoms with Crippen molar-refractivity contribution in [3.63, 3.8) is 0 Å². The number of likely N-dealkylation sites (tertiary alicyclic amines) is 1. The SMILES string of the molecule is CC1CCN(C(=O)c2ccncc2C(=O)O)CC1O. The Kier molecular flexibility index (Phi) is 3.80. The zero-order valence-electron chi connectivity index (χ0n) is 10.6. The van der Waals surface area contributed by atoms with Gasteiger partial charge in [-0.15, -0.1) is 0 Å². The molecule has 2 unspecified atom stereocenters. The van der Waals surface area contributed by atoms with Crippen LogP contribution in [0, 0.1) is 5.92 Å². The van der Waals surface area contributed by atoms with Crippen LogP contribution in [-0.2, 0) is 0 Å². The highest BCUT2D eigenvalue weighted by molar-refractivity contribution is 6.04. The Bertz CT molecular complexity index is 503. The number of hydrogen-bond acceptors (Lipinski definition) is 4. The van der Waals surface area contributed by atoms with Crippen LogP contribution in [0.1, 0.15) is 34.1 Å². The molecule has 0 aromatic carbocycles. The van der Waals surface area contributed by atoms with Crippen molar-refractivity contribution in [1.29, 1.82) is 0 Å². The van der Waals surface area contributed by atoms with Crippen LogP contribution < -0.4 is 0 Å². The molecule has 19 heavy (non-hydrogen) atoms. The van der Waals surface area contributed by atoms with Crippen LogP contribution in [0.15, 0.2) is 18.5 Å². The monoisotopic (exact) mass is 264 g/mol. The summed E-state index contributed by atoms with van der Waals surface area (Å²) in [4.78, 5) is 28.6. The van der Waals surface area contributed by atoms with Crippen LogP contribution in [0.3, 0.4) is 0 Å². The summed E-state index contributed by atoms with van der Waals surface area (Å²) in [6.45, 7) is 2.70. The lowest BCUT2D eigenvalue weighted by Gasteiger charge is -2.34. The number of aliphatic hydroxyl groups excluding tert-OH is 1. The summed E-state index contributed by atoms with van der Waals surface area (Å²) in [5.74, 6) is -1.39. The van der Waals surface area contributed by atoms with E-state index in [1.165, 1.54) is 23.4 Å². The lowest BCUT2D eigenvalue weighted by Crippen LogP contribution is -2.46. The minimum Gasteiger partial charge on any atom is -0.478 e. The number of rotatable bonds is 2. The molecule has 1 saturated heterocycles. The van der Waals surface area contributed by atoms with Gasteiger partial charge in [0.2, 0.25) is 0 Å². The van der Waals surface area contributed by atoms with Crippen molar-refractivity contribution < 1.29 is 19.8 Å². The molecular formula is C13H16N2O4. The van der Waals surface area contributed by atoms with E-state index in [2.05, 4.69) is 4.98 Å². The molecule has 0 radical (unpaired) electrons. The van der Waals surface area contributed by atoms with Crippen molar-refractivity contribution in [1.82, 2.24) is 9.88 Å². The van der Waals surface area contributed by atoms with Gasteiger partial charge in [0.1, 0.15) is 0 Å². The molecule has 0 saturated carbocycles. The first-order valence-corrected chi connectivity index (χ1v) is 6.15. The summed E-state index contributed by atoms with van der Waals surface area (Å²) in [6.07, 6.45) is 2.70. The Labute approximate surface area is 110 Å². The molecule has 1 fully saturated rings. The molecule has 102 valence electrons. The number of piperidine rings is 1. The number of carbonyl (C=O) groups is 2. The Morgan fingerprint density at radius 3 is 2.79 bits per heavy atom.